The number of allylic oxidation sites excluding steroid dienone is 1. The normalized spacial score (nSPS) is 1.30. The fourth-order valence-electron chi connectivity index (χ4n) is 0. The molecule has 0 bridgehead atoms. The van der Waals surface area contributed by atoms with Crippen molar-refractivity contribution in [3.8, 4) is 0 Å². The van der Waals surface area contributed by atoms with Gasteiger partial charge in [-0.15, -0.1) is 6.58 Å². The van der Waals surface area contributed by atoms with Crippen LogP contribution >= 0.6 is 0 Å². The highest BCUT2D eigenvalue weighted by molar-refractivity contribution is 4.51. The summed E-state index contributed by atoms with van der Waals surface area (Å²) in [4.78, 5) is 0. The third-order valence-corrected chi connectivity index (χ3v) is 0. The highest BCUT2D eigenvalue weighted by Gasteiger charge is 1.15. The van der Waals surface area contributed by atoms with Gasteiger partial charge in [0.15, 0.2) is 0 Å². The van der Waals surface area contributed by atoms with Crippen molar-refractivity contribution in [1.29, 1.82) is 0 Å². The van der Waals surface area contributed by atoms with Crippen LogP contribution in [0.25, 0.3) is 0 Å². The number of hydrogen-bond donors (Lipinski definition) is 0. The molecular formula is C3H6F7-7. The Morgan fingerprint density at radius 2 is 0.700 bits per heavy atom. The Bertz CT molecular complexity index is 16.3. The maximum absolute atomic E-state index is 3.36. The third-order valence-electron chi connectivity index (χ3n) is 0. The Morgan fingerprint density at radius 1 is 0.700 bits per heavy atom. The van der Waals surface area contributed by atoms with Gasteiger partial charge < -0.3 is 32.9 Å². The summed E-state index contributed by atoms with van der Waals surface area (Å²) in [5.41, 5.74) is 0. The van der Waals surface area contributed by atoms with Crippen LogP contribution in [0.1, 0.15) is 6.92 Å². The van der Waals surface area contributed by atoms with Crippen molar-refractivity contribution in [2.45, 2.75) is 6.92 Å². The fourth-order valence-corrected chi connectivity index (χ4v) is 0. The lowest BCUT2D eigenvalue weighted by molar-refractivity contribution is -0.00100. The molecule has 0 fully saturated rings. The van der Waals surface area contributed by atoms with Gasteiger partial charge in [-0.05, 0) is 6.92 Å². The number of halogens is 7. The van der Waals surface area contributed by atoms with E-state index in [1.54, 1.807) is 6.08 Å². The maximum Gasteiger partial charge on any atom is -0.0473 e. The summed E-state index contributed by atoms with van der Waals surface area (Å²) >= 11 is 0. The van der Waals surface area contributed by atoms with Crippen molar-refractivity contribution >= 4 is 0 Å². The Hall–Kier alpha value is -0.750. The lowest BCUT2D eigenvalue weighted by atomic mass is 10.8. The molecular weight excluding hydrogens is 169 g/mol. The van der Waals surface area contributed by atoms with Gasteiger partial charge in [-0.1, -0.05) is 6.08 Å². The molecule has 0 aromatic carbocycles. The molecule has 0 spiro atoms. The van der Waals surface area contributed by atoms with Gasteiger partial charge in [0, 0.05) is 0 Å². The molecule has 0 amide bonds. The molecule has 0 aromatic rings. The molecule has 0 unspecified atom stereocenters. The Kier molecular flexibility index (Phi) is 280000. The van der Waals surface area contributed by atoms with Crippen LogP contribution in [0.2, 0.25) is 0 Å². The van der Waals surface area contributed by atoms with Gasteiger partial charge in [0.05, 0.1) is 0 Å². The third kappa shape index (κ3) is 503. The van der Waals surface area contributed by atoms with Crippen LogP contribution in [-0.4, -0.2) is 0 Å². The van der Waals surface area contributed by atoms with Gasteiger partial charge in [0.1, 0.15) is 0 Å². The van der Waals surface area contributed by atoms with Gasteiger partial charge in [-0.2, -0.15) is 0 Å². The molecule has 0 aliphatic heterocycles. The first-order chi connectivity index (χ1) is 1.41. The predicted molar refractivity (Wildman–Crippen MR) is 15.9 cm³/mol. The Morgan fingerprint density at radius 3 is 0.700 bits per heavy atom. The molecule has 7 heteroatoms. The second-order valence-corrected chi connectivity index (χ2v) is 0.408. The molecule has 74 valence electrons. The van der Waals surface area contributed by atoms with Crippen LogP contribution in [0, 0.1) is 0 Å². The summed E-state index contributed by atoms with van der Waals surface area (Å²) in [6, 6.07) is 0. The monoisotopic (exact) mass is 175 g/mol. The number of hydrogen-bond acceptors (Lipinski definition) is 0. The molecule has 0 N–H and O–H groups in total. The summed E-state index contributed by atoms with van der Waals surface area (Å²) < 4.78 is 0. The van der Waals surface area contributed by atoms with Crippen LogP contribution in [0.15, 0.2) is 12.7 Å². The van der Waals surface area contributed by atoms with Crippen LogP contribution in [0.3, 0.4) is 0 Å². The summed E-state index contributed by atoms with van der Waals surface area (Å²) in [6.07, 6.45) is 1.75. The van der Waals surface area contributed by atoms with Crippen LogP contribution < -0.4 is 32.9 Å². The second kappa shape index (κ2) is 6940. The molecule has 0 aliphatic rings. The van der Waals surface area contributed by atoms with Crippen molar-refractivity contribution in [3.05, 3.63) is 12.7 Å². The van der Waals surface area contributed by atoms with Crippen LogP contribution in [-0.2, 0) is 0 Å². The Labute approximate surface area is 53.9 Å². The highest BCUT2D eigenvalue weighted by Crippen LogP contribution is 1.38. The molecule has 0 aromatic heterocycles. The molecule has 0 saturated carbocycles. The zero-order chi connectivity index (χ0) is 2.71. The largest absolute Gasteiger partial charge is 1.00 e. The first-order valence-electron chi connectivity index (χ1n) is 0.986. The molecule has 0 nitrogen and oxygen atoms in total. The smallest absolute Gasteiger partial charge is 0.0473 e. The summed E-state index contributed by atoms with van der Waals surface area (Å²) in [5, 5.41) is 0. The van der Waals surface area contributed by atoms with Gasteiger partial charge >= 0.3 is 0 Å². The average molecular weight is 175 g/mol. The number of rotatable bonds is 0. The van der Waals surface area contributed by atoms with Gasteiger partial charge in [0.25, 0.3) is 0 Å². The molecule has 0 atom stereocenters. The summed E-state index contributed by atoms with van der Waals surface area (Å²) in [5.74, 6) is 0. The van der Waals surface area contributed by atoms with Gasteiger partial charge in [-0.3, -0.25) is 0 Å². The standard InChI is InChI=1S/C3H6.7FH/c1-3-2;;;;;;;/h3H,1H2,2H3;7*1H/p-7. The SMILES string of the molecule is C=CC.[F-].[F-].[F-].[F-].[F-].[F-].[F-]. The van der Waals surface area contributed by atoms with Crippen molar-refractivity contribution in [3.63, 3.8) is 0 Å². The van der Waals surface area contributed by atoms with E-state index in [4.69, 9.17) is 0 Å². The van der Waals surface area contributed by atoms with Crippen LogP contribution in [0.4, 0.5) is 0 Å². The summed E-state index contributed by atoms with van der Waals surface area (Å²) in [6.45, 7) is 5.25. The van der Waals surface area contributed by atoms with E-state index < -0.39 is 0 Å². The van der Waals surface area contributed by atoms with Crippen molar-refractivity contribution in [2.75, 3.05) is 0 Å². The minimum absolute atomic E-state index is 0. The lowest BCUT2D eigenvalue weighted by Crippen LogP contribution is -3.00. The molecule has 0 aliphatic carbocycles. The van der Waals surface area contributed by atoms with Crippen molar-refractivity contribution in [1.82, 2.24) is 0 Å². The topological polar surface area (TPSA) is 0 Å². The first kappa shape index (κ1) is 403. The van der Waals surface area contributed by atoms with E-state index in [1.165, 1.54) is 0 Å². The predicted octanol–water partition coefficient (Wildman–Crippen LogP) is -19.8. The minimum Gasteiger partial charge on any atom is -1.00 e. The van der Waals surface area contributed by atoms with E-state index in [0.717, 1.165) is 0 Å². The fraction of sp³-hybridized carbons (Fsp3) is 0.333. The molecule has 0 heterocycles. The van der Waals surface area contributed by atoms with Crippen molar-refractivity contribution in [2.24, 2.45) is 0 Å². The van der Waals surface area contributed by atoms with E-state index in [1.807, 2.05) is 6.92 Å². The van der Waals surface area contributed by atoms with E-state index in [0.29, 0.717) is 0 Å². The van der Waals surface area contributed by atoms with E-state index in [9.17, 15) is 0 Å². The lowest BCUT2D eigenvalue weighted by Gasteiger charge is -1.31. The quantitative estimate of drug-likeness (QED) is 0.253. The minimum atomic E-state index is 0. The zero-order valence-electron chi connectivity index (χ0n) is 4.93. The van der Waals surface area contributed by atoms with E-state index in [-0.39, 0.29) is 32.9 Å². The van der Waals surface area contributed by atoms with Gasteiger partial charge in [-0.25, -0.2) is 0 Å². The molecule has 0 saturated heterocycles. The highest BCUT2D eigenvalue weighted by atomic mass is 19.0. The van der Waals surface area contributed by atoms with Gasteiger partial charge in [0.2, 0.25) is 0 Å². The molecule has 0 radical (unpaired) electrons. The van der Waals surface area contributed by atoms with Crippen LogP contribution in [0.5, 0.6) is 0 Å². The Balaban J connectivity index is -0.000000000952. The molecule has 10 heavy (non-hydrogen) atoms. The average Bonchev–Trinajstić information content (AvgIpc) is 0.918. The van der Waals surface area contributed by atoms with Crippen molar-refractivity contribution < 1.29 is 32.9 Å². The van der Waals surface area contributed by atoms with E-state index >= 15 is 0 Å². The second-order valence-electron chi connectivity index (χ2n) is 0.408. The maximum atomic E-state index is 3.36. The zero-order valence-corrected chi connectivity index (χ0v) is 4.93. The first-order valence-corrected chi connectivity index (χ1v) is 0.986. The molecule has 0 rings (SSSR count). The summed E-state index contributed by atoms with van der Waals surface area (Å²) in [7, 11) is 0. The van der Waals surface area contributed by atoms with E-state index in [2.05, 4.69) is 6.58 Å².